The van der Waals surface area contributed by atoms with Crippen LogP contribution in [0, 0.1) is 0 Å². The number of rotatable bonds is 3. The zero-order valence-electron chi connectivity index (χ0n) is 11.2. The monoisotopic (exact) mass is 257 g/mol. The number of imidazole rings is 1. The molecule has 2 aromatic rings. The van der Waals surface area contributed by atoms with Gasteiger partial charge in [0.25, 0.3) is 0 Å². The van der Waals surface area contributed by atoms with E-state index >= 15 is 0 Å². The molecule has 1 atom stereocenters. The number of nitrogens with one attached hydrogen (secondary N) is 1. The number of benzene rings is 1. The Kier molecular flexibility index (Phi) is 3.36. The van der Waals surface area contributed by atoms with Crippen LogP contribution in [0.3, 0.4) is 0 Å². The van der Waals surface area contributed by atoms with Crippen molar-refractivity contribution in [2.24, 2.45) is 0 Å². The molecule has 1 N–H and O–H groups in total. The van der Waals surface area contributed by atoms with Gasteiger partial charge in [-0.15, -0.1) is 0 Å². The molecule has 4 nitrogen and oxygen atoms in total. The maximum absolute atomic E-state index is 6.08. The van der Waals surface area contributed by atoms with E-state index in [0.29, 0.717) is 0 Å². The van der Waals surface area contributed by atoms with Gasteiger partial charge < -0.3 is 14.6 Å². The van der Waals surface area contributed by atoms with Gasteiger partial charge >= 0.3 is 0 Å². The molecule has 1 aromatic heterocycles. The maximum Gasteiger partial charge on any atom is 0.158 e. The first kappa shape index (κ1) is 12.4. The summed E-state index contributed by atoms with van der Waals surface area (Å²) in [6.07, 6.45) is 4.77. The van der Waals surface area contributed by atoms with E-state index in [-0.39, 0.29) is 5.72 Å². The van der Waals surface area contributed by atoms with Crippen LogP contribution >= 0.6 is 0 Å². The fourth-order valence-corrected chi connectivity index (χ4v) is 2.63. The van der Waals surface area contributed by atoms with E-state index in [1.54, 1.807) is 0 Å². The van der Waals surface area contributed by atoms with Gasteiger partial charge in [0.2, 0.25) is 0 Å². The van der Waals surface area contributed by atoms with Crippen molar-refractivity contribution in [1.29, 1.82) is 0 Å². The molecule has 0 spiro atoms. The zero-order chi connectivity index (χ0) is 13.1. The first-order valence-electron chi connectivity index (χ1n) is 6.80. The lowest BCUT2D eigenvalue weighted by Gasteiger charge is -2.39. The Labute approximate surface area is 113 Å². The van der Waals surface area contributed by atoms with Crippen LogP contribution in [0.1, 0.15) is 13.3 Å². The lowest BCUT2D eigenvalue weighted by molar-refractivity contribution is -0.126. The van der Waals surface area contributed by atoms with Crippen LogP contribution in [0.4, 0.5) is 0 Å². The Morgan fingerprint density at radius 2 is 2.21 bits per heavy atom. The standard InChI is InChI=1S/C15H19N3O/c1-2-15(12-16-9-11-19-15)18-10-8-17-14(18)13-6-4-3-5-7-13/h3-8,10,16H,2,9,11-12H2,1H3. The maximum atomic E-state index is 6.08. The van der Waals surface area contributed by atoms with E-state index in [9.17, 15) is 0 Å². The first-order chi connectivity index (χ1) is 9.36. The molecular weight excluding hydrogens is 238 g/mol. The summed E-state index contributed by atoms with van der Waals surface area (Å²) in [6.45, 7) is 4.62. The molecule has 3 rings (SSSR count). The van der Waals surface area contributed by atoms with Gasteiger partial charge in [-0.05, 0) is 6.42 Å². The largest absolute Gasteiger partial charge is 0.353 e. The lowest BCUT2D eigenvalue weighted by Crippen LogP contribution is -2.51. The molecule has 100 valence electrons. The topological polar surface area (TPSA) is 39.1 Å². The molecule has 19 heavy (non-hydrogen) atoms. The van der Waals surface area contributed by atoms with Gasteiger partial charge in [0.15, 0.2) is 5.72 Å². The van der Waals surface area contributed by atoms with Crippen molar-refractivity contribution >= 4 is 0 Å². The number of ether oxygens (including phenoxy) is 1. The van der Waals surface area contributed by atoms with E-state index in [1.807, 2.05) is 30.6 Å². The van der Waals surface area contributed by atoms with Crippen molar-refractivity contribution in [3.63, 3.8) is 0 Å². The Morgan fingerprint density at radius 3 is 2.89 bits per heavy atom. The van der Waals surface area contributed by atoms with Crippen molar-refractivity contribution < 1.29 is 4.74 Å². The summed E-state index contributed by atoms with van der Waals surface area (Å²) in [5.41, 5.74) is 0.800. The Balaban J connectivity index is 2.04. The van der Waals surface area contributed by atoms with Gasteiger partial charge in [0.1, 0.15) is 5.82 Å². The smallest absolute Gasteiger partial charge is 0.158 e. The fraction of sp³-hybridized carbons (Fsp3) is 0.400. The molecule has 1 unspecified atom stereocenters. The quantitative estimate of drug-likeness (QED) is 0.916. The summed E-state index contributed by atoms with van der Waals surface area (Å²) in [7, 11) is 0. The summed E-state index contributed by atoms with van der Waals surface area (Å²) < 4.78 is 8.24. The number of aromatic nitrogens is 2. The van der Waals surface area contributed by atoms with E-state index in [4.69, 9.17) is 4.74 Å². The first-order valence-corrected chi connectivity index (χ1v) is 6.80. The van der Waals surface area contributed by atoms with Crippen LogP contribution in [0.15, 0.2) is 42.7 Å². The highest BCUT2D eigenvalue weighted by Crippen LogP contribution is 2.29. The molecule has 0 saturated carbocycles. The predicted octanol–water partition coefficient (Wildman–Crippen LogP) is 2.23. The highest BCUT2D eigenvalue weighted by Gasteiger charge is 2.35. The second-order valence-corrected chi connectivity index (χ2v) is 4.81. The van der Waals surface area contributed by atoms with Crippen LogP contribution in [0.5, 0.6) is 0 Å². The summed E-state index contributed by atoms with van der Waals surface area (Å²) >= 11 is 0. The molecule has 0 amide bonds. The van der Waals surface area contributed by atoms with Crippen LogP contribution in [0.2, 0.25) is 0 Å². The minimum Gasteiger partial charge on any atom is -0.353 e. The van der Waals surface area contributed by atoms with Gasteiger partial charge in [-0.1, -0.05) is 37.3 Å². The minimum atomic E-state index is -0.320. The predicted molar refractivity (Wildman–Crippen MR) is 74.7 cm³/mol. The molecule has 0 bridgehead atoms. The lowest BCUT2D eigenvalue weighted by atomic mass is 10.1. The number of morpholine rings is 1. The average molecular weight is 257 g/mol. The van der Waals surface area contributed by atoms with Crippen molar-refractivity contribution in [2.45, 2.75) is 19.1 Å². The Bertz CT molecular complexity index is 529. The van der Waals surface area contributed by atoms with Crippen LogP contribution in [-0.2, 0) is 10.5 Å². The third-order valence-corrected chi connectivity index (χ3v) is 3.72. The zero-order valence-corrected chi connectivity index (χ0v) is 11.2. The third-order valence-electron chi connectivity index (χ3n) is 3.72. The molecule has 1 aliphatic heterocycles. The van der Waals surface area contributed by atoms with E-state index in [0.717, 1.165) is 37.5 Å². The van der Waals surface area contributed by atoms with E-state index < -0.39 is 0 Å². The van der Waals surface area contributed by atoms with Gasteiger partial charge in [0, 0.05) is 31.0 Å². The van der Waals surface area contributed by atoms with Gasteiger partial charge in [-0.25, -0.2) is 4.98 Å². The molecule has 0 radical (unpaired) electrons. The molecular formula is C15H19N3O. The molecule has 1 aromatic carbocycles. The highest BCUT2D eigenvalue weighted by molar-refractivity contribution is 5.55. The second kappa shape index (κ2) is 5.15. The van der Waals surface area contributed by atoms with Crippen LogP contribution < -0.4 is 5.32 Å². The Hall–Kier alpha value is -1.65. The SMILES string of the molecule is CCC1(n2ccnc2-c2ccccc2)CNCCO1. The van der Waals surface area contributed by atoms with Crippen molar-refractivity contribution in [3.8, 4) is 11.4 Å². The molecule has 1 aliphatic rings. The van der Waals surface area contributed by atoms with Crippen LogP contribution in [0.25, 0.3) is 11.4 Å². The van der Waals surface area contributed by atoms with E-state index in [1.165, 1.54) is 0 Å². The highest BCUT2D eigenvalue weighted by atomic mass is 16.5. The second-order valence-electron chi connectivity index (χ2n) is 4.81. The van der Waals surface area contributed by atoms with Gasteiger partial charge in [-0.2, -0.15) is 0 Å². The Morgan fingerprint density at radius 1 is 1.37 bits per heavy atom. The molecule has 0 aliphatic carbocycles. The molecule has 1 fully saturated rings. The van der Waals surface area contributed by atoms with E-state index in [2.05, 4.69) is 33.9 Å². The number of nitrogens with zero attached hydrogens (tertiary/aromatic N) is 2. The van der Waals surface area contributed by atoms with Crippen molar-refractivity contribution in [1.82, 2.24) is 14.9 Å². The summed E-state index contributed by atoms with van der Waals surface area (Å²) in [6, 6.07) is 10.3. The molecule has 4 heteroatoms. The summed E-state index contributed by atoms with van der Waals surface area (Å²) in [5.74, 6) is 0.964. The molecule has 2 heterocycles. The number of hydrogen-bond donors (Lipinski definition) is 1. The average Bonchev–Trinajstić information content (AvgIpc) is 2.99. The normalized spacial score (nSPS) is 23.4. The van der Waals surface area contributed by atoms with Crippen molar-refractivity contribution in [3.05, 3.63) is 42.7 Å². The molecule has 1 saturated heterocycles. The summed E-state index contributed by atoms with van der Waals surface area (Å²) in [4.78, 5) is 4.51. The third kappa shape index (κ3) is 2.17. The van der Waals surface area contributed by atoms with Crippen LogP contribution in [-0.4, -0.2) is 29.2 Å². The van der Waals surface area contributed by atoms with Gasteiger partial charge in [0.05, 0.1) is 6.61 Å². The number of hydrogen-bond acceptors (Lipinski definition) is 3. The van der Waals surface area contributed by atoms with Gasteiger partial charge in [-0.3, -0.25) is 0 Å². The fourth-order valence-electron chi connectivity index (χ4n) is 2.63. The van der Waals surface area contributed by atoms with Crippen molar-refractivity contribution in [2.75, 3.05) is 19.7 Å². The summed E-state index contributed by atoms with van der Waals surface area (Å²) in [5, 5.41) is 3.42. The minimum absolute atomic E-state index is 0.320.